The van der Waals surface area contributed by atoms with Crippen molar-refractivity contribution in [3.05, 3.63) is 84.9 Å². The topological polar surface area (TPSA) is 292 Å². The fraction of sp³-hybridized carbons (Fsp3) is 0. The first-order valence-corrected chi connectivity index (χ1v) is 17.7. The molecule has 0 radical (unpaired) electrons. The van der Waals surface area contributed by atoms with Crippen LogP contribution in [0.3, 0.4) is 0 Å². The summed E-state index contributed by atoms with van der Waals surface area (Å²) < 4.78 is 68.9. The Hall–Kier alpha value is -6.67. The Morgan fingerprint density at radius 2 is 0.942 bits per heavy atom. The number of carbonyl (C=O) groups excluding carboxylic acids is 1. The van der Waals surface area contributed by atoms with E-state index in [1.807, 2.05) is 0 Å². The van der Waals surface area contributed by atoms with Gasteiger partial charge in [-0.05, 0) is 95.7 Å². The molecule has 0 aliphatic carbocycles. The van der Waals surface area contributed by atoms with Crippen LogP contribution in [0.1, 0.15) is 0 Å². The first-order chi connectivity index (χ1) is 24.6. The summed E-state index contributed by atoms with van der Waals surface area (Å²) >= 11 is 0. The number of aromatic hydroxyl groups is 2. The van der Waals surface area contributed by atoms with E-state index in [0.717, 1.165) is 12.1 Å². The molecule has 1 heterocycles. The fourth-order valence-corrected chi connectivity index (χ4v) is 6.99. The molecule has 7 rings (SSSR count). The number of phenolic OH excluding ortho intramolecular Hbond substituents is 2. The third kappa shape index (κ3) is 6.26. The van der Waals surface area contributed by atoms with Gasteiger partial charge in [-0.15, -0.1) is 10.2 Å². The van der Waals surface area contributed by atoms with Gasteiger partial charge < -0.3 is 32.3 Å². The van der Waals surface area contributed by atoms with Crippen LogP contribution in [0.25, 0.3) is 32.7 Å². The van der Waals surface area contributed by atoms with E-state index in [-0.39, 0.29) is 32.9 Å². The number of urea groups is 1. The summed E-state index contributed by atoms with van der Waals surface area (Å²) in [6.45, 7) is 0. The molecule has 0 saturated carbocycles. The average molecular weight is 741 g/mol. The van der Waals surface area contributed by atoms with E-state index in [1.165, 1.54) is 72.8 Å². The largest absolute Gasteiger partial charge is 0.505 e. The lowest BCUT2D eigenvalue weighted by atomic mass is 10.0. The second-order valence-electron chi connectivity index (χ2n) is 11.5. The van der Waals surface area contributed by atoms with Crippen LogP contribution in [0.2, 0.25) is 0 Å². The van der Waals surface area contributed by atoms with E-state index < -0.39 is 58.9 Å². The standard InChI is InChI=1S/C33H24N8O9S2/c34-17-1-5-21-15(9-17)11-27(51(45,46)47)29(31(21)42)40-38-19-3-7-25-23(13-19)24-14-20(4-8-26(24)37-33(44)36-25)39-41-30-28(52(48,49)50)12-16-10-18(35)2-6-22(16)32(30)43/h1-14,42-43H,34-35H2,(H2,36,37,44)(H,45,46,47)(H,48,49,50). The first-order valence-electron chi connectivity index (χ1n) is 14.8. The molecule has 0 spiro atoms. The van der Waals surface area contributed by atoms with Gasteiger partial charge in [-0.2, -0.15) is 27.1 Å². The van der Waals surface area contributed by atoms with Crippen molar-refractivity contribution in [3.8, 4) is 22.6 Å². The van der Waals surface area contributed by atoms with Crippen molar-refractivity contribution in [3.63, 3.8) is 0 Å². The highest BCUT2D eigenvalue weighted by Crippen LogP contribution is 2.45. The lowest BCUT2D eigenvalue weighted by Gasteiger charge is -2.11. The summed E-state index contributed by atoms with van der Waals surface area (Å²) in [5, 5.41) is 44.3. The molecule has 6 aromatic carbocycles. The van der Waals surface area contributed by atoms with Crippen molar-refractivity contribution in [2.75, 3.05) is 22.1 Å². The van der Waals surface area contributed by atoms with Crippen LogP contribution < -0.4 is 22.1 Å². The van der Waals surface area contributed by atoms with Crippen molar-refractivity contribution >= 4 is 93.3 Å². The molecule has 0 saturated heterocycles. The van der Waals surface area contributed by atoms with E-state index in [9.17, 15) is 40.9 Å². The number of hydrogen-bond donors (Lipinski definition) is 8. The number of benzene rings is 6. The monoisotopic (exact) mass is 740 g/mol. The van der Waals surface area contributed by atoms with E-state index in [2.05, 4.69) is 31.1 Å². The zero-order chi connectivity index (χ0) is 37.1. The van der Waals surface area contributed by atoms with Gasteiger partial charge in [0.15, 0.2) is 11.5 Å². The van der Waals surface area contributed by atoms with Gasteiger partial charge in [-0.1, -0.05) is 0 Å². The van der Waals surface area contributed by atoms with Gasteiger partial charge >= 0.3 is 6.03 Å². The second kappa shape index (κ2) is 12.3. The number of carbonyl (C=O) groups is 1. The smallest absolute Gasteiger partial charge is 0.323 e. The number of fused-ring (bicyclic) bond motifs is 5. The number of rotatable bonds is 6. The molecular weight excluding hydrogens is 717 g/mol. The van der Waals surface area contributed by atoms with Crippen LogP contribution >= 0.6 is 0 Å². The third-order valence-corrected chi connectivity index (χ3v) is 9.76. The highest BCUT2D eigenvalue weighted by Gasteiger charge is 2.24. The van der Waals surface area contributed by atoms with Crippen LogP contribution in [0, 0.1) is 0 Å². The number of nitrogens with two attached hydrogens (primary N) is 2. The van der Waals surface area contributed by atoms with E-state index >= 15 is 0 Å². The zero-order valence-electron chi connectivity index (χ0n) is 26.2. The van der Waals surface area contributed by atoms with Gasteiger partial charge in [0.2, 0.25) is 0 Å². The molecule has 0 unspecified atom stereocenters. The molecule has 52 heavy (non-hydrogen) atoms. The Labute approximate surface area is 293 Å². The molecule has 1 aliphatic rings. The van der Waals surface area contributed by atoms with Gasteiger partial charge in [0, 0.05) is 33.3 Å². The summed E-state index contributed by atoms with van der Waals surface area (Å²) in [4.78, 5) is 11.2. The number of phenols is 2. The molecule has 1 aliphatic heterocycles. The molecule has 6 aromatic rings. The predicted molar refractivity (Wildman–Crippen MR) is 193 cm³/mol. The van der Waals surface area contributed by atoms with E-state index in [1.54, 1.807) is 0 Å². The summed E-state index contributed by atoms with van der Waals surface area (Å²) in [5.41, 5.74) is 12.8. The summed E-state index contributed by atoms with van der Waals surface area (Å²) in [7, 11) is -9.77. The van der Waals surface area contributed by atoms with Crippen molar-refractivity contribution in [2.24, 2.45) is 20.5 Å². The lowest BCUT2D eigenvalue weighted by molar-refractivity contribution is 0.262. The molecule has 0 bridgehead atoms. The van der Waals surface area contributed by atoms with Crippen molar-refractivity contribution < 1.29 is 40.9 Å². The number of anilines is 4. The van der Waals surface area contributed by atoms with Crippen molar-refractivity contribution in [1.82, 2.24) is 0 Å². The maximum absolute atomic E-state index is 12.7. The van der Waals surface area contributed by atoms with Crippen LogP contribution in [0.15, 0.2) is 115 Å². The lowest BCUT2D eigenvalue weighted by Crippen LogP contribution is -2.17. The first kappa shape index (κ1) is 33.8. The summed E-state index contributed by atoms with van der Waals surface area (Å²) in [6, 6.07) is 19.2. The number of nitrogens with zero attached hydrogens (tertiary/aromatic N) is 4. The summed E-state index contributed by atoms with van der Waals surface area (Å²) in [6.07, 6.45) is 0. The van der Waals surface area contributed by atoms with E-state index in [4.69, 9.17) is 11.5 Å². The van der Waals surface area contributed by atoms with Crippen LogP contribution in [-0.4, -0.2) is 42.2 Å². The number of azo groups is 2. The van der Waals surface area contributed by atoms with Crippen LogP contribution in [-0.2, 0) is 20.2 Å². The number of hydrogen-bond acceptors (Lipinski definition) is 13. The maximum Gasteiger partial charge on any atom is 0.323 e. The molecule has 10 N–H and O–H groups in total. The molecule has 2 amide bonds. The predicted octanol–water partition coefficient (Wildman–Crippen LogP) is 7.52. The number of nitrogens with one attached hydrogen (secondary N) is 2. The Bertz CT molecular complexity index is 2640. The SMILES string of the molecule is Nc1ccc2c(O)c(N=Nc3ccc4c(c3)-c3cc(N=Nc5c(S(=O)(=O)O)cc6cc(N)ccc6c5O)ccc3NC(=O)N4)c(S(=O)(=O)O)cc2c1. The number of nitrogen functional groups attached to an aromatic ring is 2. The van der Waals surface area contributed by atoms with E-state index in [0.29, 0.717) is 33.9 Å². The molecule has 0 atom stereocenters. The van der Waals surface area contributed by atoms with Gasteiger partial charge in [0.25, 0.3) is 20.2 Å². The third-order valence-electron chi connectivity index (χ3n) is 8.03. The Morgan fingerprint density at radius 3 is 1.33 bits per heavy atom. The van der Waals surface area contributed by atoms with Crippen molar-refractivity contribution in [2.45, 2.75) is 9.79 Å². The van der Waals surface area contributed by atoms with Gasteiger partial charge in [0.05, 0.1) is 22.7 Å². The minimum atomic E-state index is -4.88. The Kier molecular flexibility index (Phi) is 7.98. The number of amides is 2. The van der Waals surface area contributed by atoms with Gasteiger partial charge in [0.1, 0.15) is 21.2 Å². The van der Waals surface area contributed by atoms with Crippen LogP contribution in [0.5, 0.6) is 11.5 Å². The highest BCUT2D eigenvalue weighted by atomic mass is 32.2. The quantitative estimate of drug-likeness (QED) is 0.0469. The van der Waals surface area contributed by atoms with Gasteiger partial charge in [-0.25, -0.2) is 4.79 Å². The Balaban J connectivity index is 1.31. The molecule has 0 aromatic heterocycles. The molecule has 0 fully saturated rings. The minimum Gasteiger partial charge on any atom is -0.505 e. The normalized spacial score (nSPS) is 13.2. The van der Waals surface area contributed by atoms with Crippen LogP contribution in [0.4, 0.5) is 50.3 Å². The molecular formula is C33H24N8O9S2. The Morgan fingerprint density at radius 1 is 0.538 bits per heavy atom. The fourth-order valence-electron chi connectivity index (χ4n) is 5.67. The van der Waals surface area contributed by atoms with Crippen molar-refractivity contribution in [1.29, 1.82) is 0 Å². The maximum atomic E-state index is 12.7. The molecule has 19 heteroatoms. The summed E-state index contributed by atoms with van der Waals surface area (Å²) in [5.74, 6) is -1.14. The average Bonchev–Trinajstić information content (AvgIpc) is 3.20. The highest BCUT2D eigenvalue weighted by molar-refractivity contribution is 7.86. The molecule has 17 nitrogen and oxygen atoms in total. The minimum absolute atomic E-state index is 0.130. The second-order valence-corrected chi connectivity index (χ2v) is 14.3. The van der Waals surface area contributed by atoms with Gasteiger partial charge in [-0.3, -0.25) is 9.11 Å². The zero-order valence-corrected chi connectivity index (χ0v) is 27.8. The molecule has 262 valence electrons.